The van der Waals surface area contributed by atoms with E-state index in [1.807, 2.05) is 43.3 Å². The molecule has 2 heterocycles. The fourth-order valence-corrected chi connectivity index (χ4v) is 7.81. The molecule has 0 radical (unpaired) electrons. The molecular weight excluding hydrogens is 621 g/mol. The van der Waals surface area contributed by atoms with Crippen LogP contribution in [0.5, 0.6) is 0 Å². The first-order valence-electron chi connectivity index (χ1n) is 17.3. The Hall–Kier alpha value is -6.52. The van der Waals surface area contributed by atoms with E-state index in [9.17, 15) is 0 Å². The summed E-state index contributed by atoms with van der Waals surface area (Å²) in [5.41, 5.74) is 13.9. The van der Waals surface area contributed by atoms with Crippen molar-refractivity contribution in [3.63, 3.8) is 0 Å². The Morgan fingerprint density at radius 3 is 1.41 bits per heavy atom. The number of rotatable bonds is 6. The fraction of sp³-hybridized carbons (Fsp3) is 0.0638. The van der Waals surface area contributed by atoms with Gasteiger partial charge < -0.3 is 0 Å². The van der Waals surface area contributed by atoms with Gasteiger partial charge in [-0.05, 0) is 58.9 Å². The van der Waals surface area contributed by atoms with Gasteiger partial charge in [-0.3, -0.25) is 4.98 Å². The van der Waals surface area contributed by atoms with Crippen molar-refractivity contribution in [2.75, 3.05) is 0 Å². The standard InChI is InChI=1S/C47H34N4/c1-31-25-30-37(32(2)48-31)38-19-9-10-22-41(38)46-50-44(33-15-5-3-6-16-33)49-45(51-46)34-26-28-36(29-27-34)47(35-17-7-4-8-18-35)42-23-13-11-20-39(42)40-21-12-14-24-43(40)47/h3-30H,1-2H3. The highest BCUT2D eigenvalue weighted by Gasteiger charge is 2.45. The van der Waals surface area contributed by atoms with Crippen LogP contribution in [0.4, 0.5) is 0 Å². The molecule has 0 atom stereocenters. The Kier molecular flexibility index (Phi) is 7.44. The summed E-state index contributed by atoms with van der Waals surface area (Å²) in [4.78, 5) is 20.1. The van der Waals surface area contributed by atoms with Crippen molar-refractivity contribution in [2.45, 2.75) is 19.3 Å². The summed E-state index contributed by atoms with van der Waals surface area (Å²) in [6.45, 7) is 4.07. The zero-order valence-electron chi connectivity index (χ0n) is 28.5. The number of aryl methyl sites for hydroxylation is 2. The minimum atomic E-state index is -0.467. The number of nitrogens with zero attached hydrogens (tertiary/aromatic N) is 4. The number of hydrogen-bond acceptors (Lipinski definition) is 4. The molecule has 242 valence electrons. The van der Waals surface area contributed by atoms with Crippen molar-refractivity contribution in [2.24, 2.45) is 0 Å². The molecule has 2 aromatic heterocycles. The summed E-state index contributed by atoms with van der Waals surface area (Å²) in [6, 6.07) is 60.0. The Bertz CT molecular complexity index is 2500. The second-order valence-electron chi connectivity index (χ2n) is 13.1. The molecule has 51 heavy (non-hydrogen) atoms. The van der Waals surface area contributed by atoms with Gasteiger partial charge in [0.2, 0.25) is 0 Å². The Balaban J connectivity index is 1.22. The van der Waals surface area contributed by atoms with Crippen molar-refractivity contribution in [1.29, 1.82) is 0 Å². The Morgan fingerprint density at radius 2 is 0.804 bits per heavy atom. The monoisotopic (exact) mass is 654 g/mol. The first kappa shape index (κ1) is 30.5. The van der Waals surface area contributed by atoms with Gasteiger partial charge in [-0.15, -0.1) is 0 Å². The SMILES string of the molecule is Cc1ccc(-c2ccccc2-c2nc(-c3ccccc3)nc(-c3ccc(C4(c5ccccc5)c5ccccc5-c5ccccc54)cc3)n2)c(C)n1. The van der Waals surface area contributed by atoms with Gasteiger partial charge in [0.05, 0.1) is 5.41 Å². The minimum absolute atomic E-state index is 0.467. The average molecular weight is 655 g/mol. The number of fused-ring (bicyclic) bond motifs is 3. The van der Waals surface area contributed by atoms with Gasteiger partial charge in [0.25, 0.3) is 0 Å². The lowest BCUT2D eigenvalue weighted by Crippen LogP contribution is -2.28. The molecule has 0 bridgehead atoms. The largest absolute Gasteiger partial charge is 0.258 e. The van der Waals surface area contributed by atoms with E-state index in [-0.39, 0.29) is 0 Å². The molecule has 0 amide bonds. The molecule has 0 saturated carbocycles. The highest BCUT2D eigenvalue weighted by atomic mass is 15.0. The van der Waals surface area contributed by atoms with Gasteiger partial charge in [0.15, 0.2) is 17.5 Å². The van der Waals surface area contributed by atoms with Crippen LogP contribution in [0.1, 0.15) is 33.6 Å². The first-order valence-corrected chi connectivity index (χ1v) is 17.3. The quantitative estimate of drug-likeness (QED) is 0.179. The van der Waals surface area contributed by atoms with E-state index < -0.39 is 5.41 Å². The van der Waals surface area contributed by atoms with E-state index in [2.05, 4.69) is 140 Å². The second kappa shape index (κ2) is 12.4. The molecule has 6 aromatic carbocycles. The third kappa shape index (κ3) is 5.07. The number of benzene rings is 6. The third-order valence-electron chi connectivity index (χ3n) is 10.1. The summed E-state index contributed by atoms with van der Waals surface area (Å²) in [6.07, 6.45) is 0. The molecule has 0 aliphatic heterocycles. The van der Waals surface area contributed by atoms with Gasteiger partial charge in [-0.1, -0.05) is 164 Å². The van der Waals surface area contributed by atoms with Crippen LogP contribution < -0.4 is 0 Å². The highest BCUT2D eigenvalue weighted by molar-refractivity contribution is 5.87. The Morgan fingerprint density at radius 1 is 0.333 bits per heavy atom. The van der Waals surface area contributed by atoms with Crippen molar-refractivity contribution < 1.29 is 0 Å². The van der Waals surface area contributed by atoms with Crippen molar-refractivity contribution >= 4 is 0 Å². The highest BCUT2D eigenvalue weighted by Crippen LogP contribution is 2.56. The van der Waals surface area contributed by atoms with Gasteiger partial charge >= 0.3 is 0 Å². The molecule has 0 N–H and O–H groups in total. The molecule has 4 heteroatoms. The van der Waals surface area contributed by atoms with Crippen molar-refractivity contribution in [1.82, 2.24) is 19.9 Å². The summed E-state index contributed by atoms with van der Waals surface area (Å²) in [7, 11) is 0. The smallest absolute Gasteiger partial charge is 0.164 e. The second-order valence-corrected chi connectivity index (χ2v) is 13.1. The molecule has 0 fully saturated rings. The zero-order chi connectivity index (χ0) is 34.4. The zero-order valence-corrected chi connectivity index (χ0v) is 28.5. The number of hydrogen-bond donors (Lipinski definition) is 0. The van der Waals surface area contributed by atoms with Crippen LogP contribution in [0, 0.1) is 13.8 Å². The molecule has 8 aromatic rings. The average Bonchev–Trinajstić information content (AvgIpc) is 3.50. The van der Waals surface area contributed by atoms with Crippen LogP contribution in [0.3, 0.4) is 0 Å². The maximum absolute atomic E-state index is 5.16. The minimum Gasteiger partial charge on any atom is -0.258 e. The lowest BCUT2D eigenvalue weighted by Gasteiger charge is -2.34. The molecule has 4 nitrogen and oxygen atoms in total. The van der Waals surface area contributed by atoms with Crippen LogP contribution in [0.2, 0.25) is 0 Å². The first-order chi connectivity index (χ1) is 25.1. The molecule has 0 spiro atoms. The molecule has 0 saturated heterocycles. The maximum atomic E-state index is 5.16. The van der Waals surface area contributed by atoms with E-state index in [0.717, 1.165) is 39.2 Å². The van der Waals surface area contributed by atoms with E-state index in [4.69, 9.17) is 19.9 Å². The predicted molar refractivity (Wildman–Crippen MR) is 206 cm³/mol. The number of aromatic nitrogens is 4. The van der Waals surface area contributed by atoms with E-state index in [1.165, 1.54) is 33.4 Å². The molecule has 0 unspecified atom stereocenters. The normalized spacial score (nSPS) is 12.7. The van der Waals surface area contributed by atoms with Crippen LogP contribution >= 0.6 is 0 Å². The van der Waals surface area contributed by atoms with Crippen molar-refractivity contribution in [3.8, 4) is 56.4 Å². The Labute approximate surface area is 298 Å². The lowest BCUT2D eigenvalue weighted by molar-refractivity contribution is 0.768. The summed E-state index contributed by atoms with van der Waals surface area (Å²) >= 11 is 0. The van der Waals surface area contributed by atoms with Crippen LogP contribution in [-0.4, -0.2) is 19.9 Å². The van der Waals surface area contributed by atoms with E-state index >= 15 is 0 Å². The fourth-order valence-electron chi connectivity index (χ4n) is 7.81. The topological polar surface area (TPSA) is 51.6 Å². The molecule has 1 aliphatic rings. The van der Waals surface area contributed by atoms with Gasteiger partial charge in [0, 0.05) is 33.6 Å². The van der Waals surface area contributed by atoms with Gasteiger partial charge in [-0.2, -0.15) is 0 Å². The van der Waals surface area contributed by atoms with Crippen LogP contribution in [0.25, 0.3) is 56.4 Å². The molecular formula is C47H34N4. The maximum Gasteiger partial charge on any atom is 0.164 e. The molecule has 9 rings (SSSR count). The van der Waals surface area contributed by atoms with Gasteiger partial charge in [0.1, 0.15) is 0 Å². The van der Waals surface area contributed by atoms with E-state index in [0.29, 0.717) is 17.5 Å². The molecule has 1 aliphatic carbocycles. The summed E-state index contributed by atoms with van der Waals surface area (Å²) < 4.78 is 0. The van der Waals surface area contributed by atoms with Crippen LogP contribution in [0.15, 0.2) is 170 Å². The summed E-state index contributed by atoms with van der Waals surface area (Å²) in [5, 5.41) is 0. The summed E-state index contributed by atoms with van der Waals surface area (Å²) in [5.74, 6) is 1.88. The van der Waals surface area contributed by atoms with Gasteiger partial charge in [-0.25, -0.2) is 15.0 Å². The third-order valence-corrected chi connectivity index (χ3v) is 10.1. The lowest BCUT2D eigenvalue weighted by atomic mass is 9.67. The van der Waals surface area contributed by atoms with Crippen molar-refractivity contribution in [3.05, 3.63) is 203 Å². The number of pyridine rings is 1. The predicted octanol–water partition coefficient (Wildman–Crippen LogP) is 10.9. The van der Waals surface area contributed by atoms with E-state index in [1.54, 1.807) is 0 Å². The van der Waals surface area contributed by atoms with Crippen LogP contribution in [-0.2, 0) is 5.41 Å².